The van der Waals surface area contributed by atoms with Gasteiger partial charge in [0.25, 0.3) is 0 Å². The molecule has 0 aliphatic rings. The second kappa shape index (κ2) is 11.8. The Morgan fingerprint density at radius 1 is 0.333 bits per heavy atom. The molecule has 0 saturated carbocycles. The largest absolute Gasteiger partial charge is 0.208 e. The summed E-state index contributed by atoms with van der Waals surface area (Å²) in [7, 11) is 0. The Bertz CT molecular complexity index is 2220. The SMILES string of the molecule is c1ccc(-c2cccc(-c3nc(-c4ccc(-c5cc6ccccc6s5)cc4)nc(-c4ccccc4-c4ccccc4)n3)c2)cc1. The van der Waals surface area contributed by atoms with E-state index >= 15 is 0 Å². The molecule has 4 heteroatoms. The molecule has 0 saturated heterocycles. The first-order valence-electron chi connectivity index (χ1n) is 14.9. The van der Waals surface area contributed by atoms with Crippen LogP contribution in [0.15, 0.2) is 164 Å². The van der Waals surface area contributed by atoms with E-state index in [4.69, 9.17) is 15.0 Å². The quantitative estimate of drug-likeness (QED) is 0.192. The van der Waals surface area contributed by atoms with Gasteiger partial charge in [-0.2, -0.15) is 0 Å². The lowest BCUT2D eigenvalue weighted by Crippen LogP contribution is -2.01. The van der Waals surface area contributed by atoms with Gasteiger partial charge in [0.15, 0.2) is 17.5 Å². The Balaban J connectivity index is 1.26. The minimum absolute atomic E-state index is 0.643. The first-order valence-corrected chi connectivity index (χ1v) is 15.8. The Labute approximate surface area is 266 Å². The van der Waals surface area contributed by atoms with Crippen molar-refractivity contribution in [2.24, 2.45) is 0 Å². The minimum atomic E-state index is 0.643. The highest BCUT2D eigenvalue weighted by Crippen LogP contribution is 2.36. The zero-order valence-corrected chi connectivity index (χ0v) is 25.2. The predicted molar refractivity (Wildman–Crippen MR) is 188 cm³/mol. The zero-order valence-electron chi connectivity index (χ0n) is 24.3. The van der Waals surface area contributed by atoms with Crippen LogP contribution in [-0.4, -0.2) is 15.0 Å². The fraction of sp³-hybridized carbons (Fsp3) is 0. The third kappa shape index (κ3) is 5.44. The molecule has 212 valence electrons. The maximum atomic E-state index is 5.09. The molecule has 0 N–H and O–H groups in total. The Hall–Kier alpha value is -5.71. The molecule has 0 aliphatic carbocycles. The van der Waals surface area contributed by atoms with Gasteiger partial charge in [0.1, 0.15) is 0 Å². The van der Waals surface area contributed by atoms with Crippen molar-refractivity contribution in [3.8, 4) is 66.9 Å². The van der Waals surface area contributed by atoms with Gasteiger partial charge in [-0.3, -0.25) is 0 Å². The molecule has 0 bridgehead atoms. The van der Waals surface area contributed by atoms with E-state index in [1.54, 1.807) is 0 Å². The number of fused-ring (bicyclic) bond motifs is 1. The number of thiophene rings is 1. The Morgan fingerprint density at radius 2 is 0.889 bits per heavy atom. The highest BCUT2D eigenvalue weighted by Gasteiger charge is 2.16. The van der Waals surface area contributed by atoms with Crippen molar-refractivity contribution in [2.75, 3.05) is 0 Å². The summed E-state index contributed by atoms with van der Waals surface area (Å²) in [5.41, 5.74) is 8.51. The molecule has 6 aromatic carbocycles. The lowest BCUT2D eigenvalue weighted by Gasteiger charge is -2.12. The summed E-state index contributed by atoms with van der Waals surface area (Å²) in [5, 5.41) is 1.27. The van der Waals surface area contributed by atoms with Crippen LogP contribution in [0.25, 0.3) is 76.9 Å². The first-order chi connectivity index (χ1) is 22.3. The van der Waals surface area contributed by atoms with Gasteiger partial charge in [-0.05, 0) is 51.4 Å². The van der Waals surface area contributed by atoms with Crippen molar-refractivity contribution in [3.05, 3.63) is 164 Å². The van der Waals surface area contributed by atoms with E-state index in [0.29, 0.717) is 17.5 Å². The summed E-state index contributed by atoms with van der Waals surface area (Å²) >= 11 is 1.81. The molecule has 8 aromatic rings. The van der Waals surface area contributed by atoms with Crippen LogP contribution >= 0.6 is 11.3 Å². The van der Waals surface area contributed by atoms with Crippen LogP contribution in [0.3, 0.4) is 0 Å². The van der Waals surface area contributed by atoms with Crippen LogP contribution in [0.1, 0.15) is 0 Å². The molecule has 0 radical (unpaired) electrons. The summed E-state index contributed by atoms with van der Waals surface area (Å²) in [6.07, 6.45) is 0. The van der Waals surface area contributed by atoms with E-state index in [-0.39, 0.29) is 0 Å². The fourth-order valence-electron chi connectivity index (χ4n) is 5.68. The van der Waals surface area contributed by atoms with Crippen LogP contribution < -0.4 is 0 Å². The lowest BCUT2D eigenvalue weighted by molar-refractivity contribution is 1.07. The Morgan fingerprint density at radius 3 is 1.64 bits per heavy atom. The number of hydrogen-bond donors (Lipinski definition) is 0. The summed E-state index contributed by atoms with van der Waals surface area (Å²) < 4.78 is 1.29. The first kappa shape index (κ1) is 26.9. The average molecular weight is 594 g/mol. The van der Waals surface area contributed by atoms with Gasteiger partial charge in [-0.1, -0.05) is 146 Å². The van der Waals surface area contributed by atoms with Crippen molar-refractivity contribution < 1.29 is 0 Å². The van der Waals surface area contributed by atoms with Crippen molar-refractivity contribution in [3.63, 3.8) is 0 Å². The van der Waals surface area contributed by atoms with E-state index in [1.807, 2.05) is 29.5 Å². The van der Waals surface area contributed by atoms with Gasteiger partial charge in [0.05, 0.1) is 0 Å². The molecule has 3 nitrogen and oxygen atoms in total. The molecule has 45 heavy (non-hydrogen) atoms. The molecule has 0 spiro atoms. The second-order valence-corrected chi connectivity index (χ2v) is 12.0. The minimum Gasteiger partial charge on any atom is -0.208 e. The zero-order chi connectivity index (χ0) is 30.0. The van der Waals surface area contributed by atoms with Crippen molar-refractivity contribution in [1.29, 1.82) is 0 Å². The van der Waals surface area contributed by atoms with Crippen LogP contribution in [0, 0.1) is 0 Å². The van der Waals surface area contributed by atoms with Crippen molar-refractivity contribution in [1.82, 2.24) is 15.0 Å². The smallest absolute Gasteiger partial charge is 0.164 e. The summed E-state index contributed by atoms with van der Waals surface area (Å²) in [4.78, 5) is 16.5. The molecule has 2 aromatic heterocycles. The lowest BCUT2D eigenvalue weighted by atomic mass is 9.99. The molecule has 2 heterocycles. The number of hydrogen-bond acceptors (Lipinski definition) is 4. The molecule has 0 amide bonds. The van der Waals surface area contributed by atoms with E-state index in [9.17, 15) is 0 Å². The monoisotopic (exact) mass is 593 g/mol. The molecule has 0 fully saturated rings. The van der Waals surface area contributed by atoms with Crippen LogP contribution in [0.4, 0.5) is 0 Å². The summed E-state index contributed by atoms with van der Waals surface area (Å²) in [5.74, 6) is 1.93. The summed E-state index contributed by atoms with van der Waals surface area (Å²) in [6, 6.07) is 56.9. The number of rotatable bonds is 6. The van der Waals surface area contributed by atoms with Gasteiger partial charge in [-0.15, -0.1) is 11.3 Å². The van der Waals surface area contributed by atoms with Gasteiger partial charge in [0, 0.05) is 26.3 Å². The van der Waals surface area contributed by atoms with Crippen LogP contribution in [0.2, 0.25) is 0 Å². The standard InChI is InChI=1S/C41H27N3S/c1-3-12-28(13-4-1)32-17-11-18-34(26-32)40-42-39(31-24-22-30(23-25-31)38-27-33-16-7-10-21-37(33)45-38)43-41(44-40)36-20-9-8-19-35(36)29-14-5-2-6-15-29/h1-27H. The molecule has 8 rings (SSSR count). The predicted octanol–water partition coefficient (Wildman–Crippen LogP) is 11.1. The second-order valence-electron chi connectivity index (χ2n) is 10.9. The average Bonchev–Trinajstić information content (AvgIpc) is 3.57. The van der Waals surface area contributed by atoms with E-state index in [0.717, 1.165) is 38.9 Å². The molecular formula is C41H27N3S. The van der Waals surface area contributed by atoms with E-state index in [2.05, 4.69) is 146 Å². The van der Waals surface area contributed by atoms with Crippen LogP contribution in [-0.2, 0) is 0 Å². The number of nitrogens with zero attached hydrogens (tertiary/aromatic N) is 3. The topological polar surface area (TPSA) is 38.7 Å². The molecule has 0 aliphatic heterocycles. The normalized spacial score (nSPS) is 11.1. The number of aromatic nitrogens is 3. The number of benzene rings is 6. The highest BCUT2D eigenvalue weighted by atomic mass is 32.1. The van der Waals surface area contributed by atoms with Crippen LogP contribution in [0.5, 0.6) is 0 Å². The van der Waals surface area contributed by atoms with Gasteiger partial charge >= 0.3 is 0 Å². The summed E-state index contributed by atoms with van der Waals surface area (Å²) in [6.45, 7) is 0. The fourth-order valence-corrected chi connectivity index (χ4v) is 6.75. The van der Waals surface area contributed by atoms with E-state index < -0.39 is 0 Å². The molecular weight excluding hydrogens is 567 g/mol. The molecule has 0 atom stereocenters. The van der Waals surface area contributed by atoms with E-state index in [1.165, 1.54) is 20.5 Å². The maximum Gasteiger partial charge on any atom is 0.164 e. The van der Waals surface area contributed by atoms with Crippen molar-refractivity contribution >= 4 is 21.4 Å². The van der Waals surface area contributed by atoms with Crippen molar-refractivity contribution in [2.45, 2.75) is 0 Å². The third-order valence-corrected chi connectivity index (χ3v) is 9.13. The molecule has 0 unspecified atom stereocenters. The Kier molecular flexibility index (Phi) is 7.02. The van der Waals surface area contributed by atoms with Gasteiger partial charge < -0.3 is 0 Å². The third-order valence-electron chi connectivity index (χ3n) is 7.97. The van der Waals surface area contributed by atoms with Gasteiger partial charge in [0.2, 0.25) is 0 Å². The highest BCUT2D eigenvalue weighted by molar-refractivity contribution is 7.22. The van der Waals surface area contributed by atoms with Gasteiger partial charge in [-0.25, -0.2) is 15.0 Å². The maximum absolute atomic E-state index is 5.09.